The second-order valence-corrected chi connectivity index (χ2v) is 4.53. The highest BCUT2D eigenvalue weighted by atomic mass is 15.3. The van der Waals surface area contributed by atoms with E-state index in [1.807, 2.05) is 24.3 Å². The second kappa shape index (κ2) is 6.28. The van der Waals surface area contributed by atoms with E-state index in [2.05, 4.69) is 26.7 Å². The van der Waals surface area contributed by atoms with E-state index in [0.29, 0.717) is 5.69 Å². The first-order valence-corrected chi connectivity index (χ1v) is 6.46. The van der Waals surface area contributed by atoms with E-state index in [0.717, 1.165) is 26.2 Å². The molecule has 0 atom stereocenters. The van der Waals surface area contributed by atoms with Crippen LogP contribution in [0.2, 0.25) is 0 Å². The maximum absolute atomic E-state index is 8.36. The molecule has 2 rings (SSSR count). The molecule has 1 saturated heterocycles. The lowest BCUT2D eigenvalue weighted by atomic mass is 10.2. The summed E-state index contributed by atoms with van der Waals surface area (Å²) in [5.74, 6) is 0. The van der Waals surface area contributed by atoms with Gasteiger partial charge in [0.15, 0.2) is 0 Å². The van der Waals surface area contributed by atoms with Crippen molar-refractivity contribution in [2.24, 2.45) is 5.11 Å². The third kappa shape index (κ3) is 3.15. The molecule has 1 aromatic rings. The first kappa shape index (κ1) is 12.7. The molecule has 0 aliphatic carbocycles. The lowest BCUT2D eigenvalue weighted by Gasteiger charge is -2.36. The molecule has 0 bridgehead atoms. The molecule has 0 unspecified atom stereocenters. The molecule has 96 valence electrons. The minimum absolute atomic E-state index is 0.672. The zero-order valence-corrected chi connectivity index (χ0v) is 10.8. The summed E-state index contributed by atoms with van der Waals surface area (Å²) in [7, 11) is 0. The van der Waals surface area contributed by atoms with Crippen molar-refractivity contribution in [1.82, 2.24) is 4.90 Å². The van der Waals surface area contributed by atoms with Crippen molar-refractivity contribution in [3.8, 4) is 0 Å². The summed E-state index contributed by atoms with van der Waals surface area (Å²) in [6, 6.07) is 7.79. The molecule has 0 N–H and O–H groups in total. The Kier molecular flexibility index (Phi) is 4.45. The van der Waals surface area contributed by atoms with Crippen LogP contribution < -0.4 is 4.90 Å². The monoisotopic (exact) mass is 245 g/mol. The highest BCUT2D eigenvalue weighted by Gasteiger charge is 2.15. The zero-order chi connectivity index (χ0) is 12.8. The van der Waals surface area contributed by atoms with Crippen molar-refractivity contribution in [2.75, 3.05) is 37.6 Å². The van der Waals surface area contributed by atoms with Gasteiger partial charge in [0.2, 0.25) is 0 Å². The summed E-state index contributed by atoms with van der Waals surface area (Å²) in [5, 5.41) is 3.58. The molecule has 1 aromatic carbocycles. The Bertz CT molecular complexity index is 414. The summed E-state index contributed by atoms with van der Waals surface area (Å²) in [6.07, 6.45) is 1.22. The number of rotatable bonds is 4. The molecule has 0 amide bonds. The molecule has 0 radical (unpaired) electrons. The van der Waals surface area contributed by atoms with Crippen LogP contribution in [0.5, 0.6) is 0 Å². The maximum atomic E-state index is 8.36. The van der Waals surface area contributed by atoms with Crippen LogP contribution in [0, 0.1) is 0 Å². The number of hydrogen-bond acceptors (Lipinski definition) is 3. The molecule has 1 heterocycles. The third-order valence-electron chi connectivity index (χ3n) is 3.29. The number of piperazine rings is 1. The topological polar surface area (TPSA) is 55.2 Å². The molecular formula is C13H19N5. The zero-order valence-electron chi connectivity index (χ0n) is 10.8. The Morgan fingerprint density at radius 1 is 1.17 bits per heavy atom. The summed E-state index contributed by atoms with van der Waals surface area (Å²) in [4.78, 5) is 7.67. The van der Waals surface area contributed by atoms with Crippen LogP contribution in [-0.4, -0.2) is 37.6 Å². The highest BCUT2D eigenvalue weighted by molar-refractivity contribution is 5.53. The van der Waals surface area contributed by atoms with E-state index in [1.165, 1.54) is 18.7 Å². The van der Waals surface area contributed by atoms with Gasteiger partial charge in [0.05, 0.1) is 0 Å². The molecule has 5 heteroatoms. The summed E-state index contributed by atoms with van der Waals surface area (Å²) < 4.78 is 0. The molecule has 0 aromatic heterocycles. The van der Waals surface area contributed by atoms with Gasteiger partial charge in [0, 0.05) is 42.5 Å². The Morgan fingerprint density at radius 2 is 1.83 bits per heavy atom. The third-order valence-corrected chi connectivity index (χ3v) is 3.29. The van der Waals surface area contributed by atoms with Gasteiger partial charge in [-0.1, -0.05) is 24.2 Å². The predicted molar refractivity (Wildman–Crippen MR) is 74.2 cm³/mol. The Morgan fingerprint density at radius 3 is 2.39 bits per heavy atom. The van der Waals surface area contributed by atoms with Gasteiger partial charge in [0.25, 0.3) is 0 Å². The number of anilines is 1. The van der Waals surface area contributed by atoms with Crippen LogP contribution in [0.25, 0.3) is 10.4 Å². The van der Waals surface area contributed by atoms with E-state index in [4.69, 9.17) is 5.53 Å². The van der Waals surface area contributed by atoms with E-state index >= 15 is 0 Å². The second-order valence-electron chi connectivity index (χ2n) is 4.53. The first-order valence-electron chi connectivity index (χ1n) is 6.46. The van der Waals surface area contributed by atoms with Crippen molar-refractivity contribution < 1.29 is 0 Å². The molecule has 0 spiro atoms. The Balaban J connectivity index is 1.94. The van der Waals surface area contributed by atoms with Crippen LogP contribution >= 0.6 is 0 Å². The van der Waals surface area contributed by atoms with Crippen molar-refractivity contribution in [1.29, 1.82) is 0 Å². The average Bonchev–Trinajstić information content (AvgIpc) is 2.41. The highest BCUT2D eigenvalue weighted by Crippen LogP contribution is 2.21. The minimum Gasteiger partial charge on any atom is -0.369 e. The van der Waals surface area contributed by atoms with Gasteiger partial charge in [-0.05, 0) is 30.6 Å². The SMILES string of the molecule is CCCN1CCN(c2ccc(N=[N+]=[N-])cc2)CC1. The number of nitrogens with zero attached hydrogens (tertiary/aromatic N) is 5. The van der Waals surface area contributed by atoms with Gasteiger partial charge in [-0.25, -0.2) is 0 Å². The summed E-state index contributed by atoms with van der Waals surface area (Å²) in [5.41, 5.74) is 10.2. The van der Waals surface area contributed by atoms with Crippen LogP contribution in [0.3, 0.4) is 0 Å². The number of hydrogen-bond donors (Lipinski definition) is 0. The Labute approximate surface area is 108 Å². The molecule has 0 saturated carbocycles. The van der Waals surface area contributed by atoms with Gasteiger partial charge in [0.1, 0.15) is 0 Å². The number of azide groups is 1. The van der Waals surface area contributed by atoms with Gasteiger partial charge in [-0.2, -0.15) is 0 Å². The minimum atomic E-state index is 0.672. The van der Waals surface area contributed by atoms with Gasteiger partial charge in [-0.3, -0.25) is 4.90 Å². The van der Waals surface area contributed by atoms with Crippen LogP contribution in [-0.2, 0) is 0 Å². The Hall–Kier alpha value is -1.71. The molecular weight excluding hydrogens is 226 g/mol. The smallest absolute Gasteiger partial charge is 0.0376 e. The van der Waals surface area contributed by atoms with Gasteiger partial charge >= 0.3 is 0 Å². The van der Waals surface area contributed by atoms with E-state index in [9.17, 15) is 0 Å². The average molecular weight is 245 g/mol. The normalized spacial score (nSPS) is 16.4. The van der Waals surface area contributed by atoms with Crippen molar-refractivity contribution in [3.63, 3.8) is 0 Å². The standard InChI is InChI=1S/C13H19N5/c1-2-7-17-8-10-18(11-9-17)13-5-3-12(4-6-13)15-16-14/h3-6H,2,7-11H2,1H3. The molecule has 1 aliphatic heterocycles. The van der Waals surface area contributed by atoms with E-state index in [-0.39, 0.29) is 0 Å². The fourth-order valence-corrected chi connectivity index (χ4v) is 2.33. The molecule has 1 aliphatic rings. The first-order chi connectivity index (χ1) is 8.83. The van der Waals surface area contributed by atoms with Crippen LogP contribution in [0.4, 0.5) is 11.4 Å². The summed E-state index contributed by atoms with van der Waals surface area (Å²) in [6.45, 7) is 7.82. The maximum Gasteiger partial charge on any atom is 0.0376 e. The van der Waals surface area contributed by atoms with Crippen LogP contribution in [0.15, 0.2) is 29.4 Å². The van der Waals surface area contributed by atoms with Crippen molar-refractivity contribution >= 4 is 11.4 Å². The van der Waals surface area contributed by atoms with E-state index < -0.39 is 0 Å². The molecule has 18 heavy (non-hydrogen) atoms. The number of benzene rings is 1. The molecule has 1 fully saturated rings. The molecule has 5 nitrogen and oxygen atoms in total. The quantitative estimate of drug-likeness (QED) is 0.465. The van der Waals surface area contributed by atoms with Crippen molar-refractivity contribution in [3.05, 3.63) is 34.7 Å². The lowest BCUT2D eigenvalue weighted by Crippen LogP contribution is -2.46. The fourth-order valence-electron chi connectivity index (χ4n) is 2.33. The van der Waals surface area contributed by atoms with Crippen molar-refractivity contribution in [2.45, 2.75) is 13.3 Å². The van der Waals surface area contributed by atoms with Gasteiger partial charge in [-0.15, -0.1) is 0 Å². The largest absolute Gasteiger partial charge is 0.369 e. The fraction of sp³-hybridized carbons (Fsp3) is 0.538. The predicted octanol–water partition coefficient (Wildman–Crippen LogP) is 3.16. The summed E-state index contributed by atoms with van der Waals surface area (Å²) >= 11 is 0. The van der Waals surface area contributed by atoms with Gasteiger partial charge < -0.3 is 4.90 Å². The lowest BCUT2D eigenvalue weighted by molar-refractivity contribution is 0.258. The van der Waals surface area contributed by atoms with Crippen LogP contribution in [0.1, 0.15) is 13.3 Å². The van der Waals surface area contributed by atoms with E-state index in [1.54, 1.807) is 0 Å².